The van der Waals surface area contributed by atoms with Crippen molar-refractivity contribution in [1.29, 1.82) is 0 Å². The van der Waals surface area contributed by atoms with E-state index in [9.17, 15) is 52.2 Å². The summed E-state index contributed by atoms with van der Waals surface area (Å²) in [5, 5.41) is 22.2. The Kier molecular flexibility index (Phi) is 20.5. The normalized spacial score (nSPS) is 16.7. The number of amides is 9. The minimum atomic E-state index is -1.68. The topological polar surface area (TPSA) is 283 Å². The molecule has 7 atom stereocenters. The molecule has 9 amide bonds. The van der Waals surface area contributed by atoms with Crippen molar-refractivity contribution in [2.24, 2.45) is 23.0 Å². The Morgan fingerprint density at radius 3 is 2.23 bits per heavy atom. The van der Waals surface area contributed by atoms with Crippen molar-refractivity contribution in [2.75, 3.05) is 31.5 Å². The van der Waals surface area contributed by atoms with Crippen molar-refractivity contribution < 1.29 is 65.8 Å². The van der Waals surface area contributed by atoms with Crippen molar-refractivity contribution in [1.82, 2.24) is 45.2 Å². The number of alkyl halides is 1. The number of carbonyl (C=O) groups is 8. The number of aromatic amines is 1. The summed E-state index contributed by atoms with van der Waals surface area (Å²) in [6.07, 6.45) is 1.18. The Hall–Kier alpha value is -9.39. The SMILES string of the molecule is CC(C)[C@H](NC(=O)[C@H](Cc1c[nH]c2ccccc12)N1C(=O)C=CC1=O)C(=O)N[C@@H](CCCNC(N)=O)C(=O)Nc1ccc(COC(=O)N2C[C@@H](CN(C(=O)[C@H](C)O)[C@@H](c3nc(-c4cc(F)ccc4F)cn3Cc3cccc(F)c3)C(C)(C)C)[C@@H](F)C2)cc1. The number of H-pyrrole nitrogens is 1. The molecule has 8 N–H and O–H groups in total. The monoisotopic (exact) mass is 1220 g/mol. The molecule has 1 fully saturated rings. The van der Waals surface area contributed by atoms with Crippen LogP contribution in [0.5, 0.6) is 0 Å². The van der Waals surface area contributed by atoms with E-state index in [0.717, 1.165) is 51.1 Å². The number of rotatable bonds is 24. The highest BCUT2D eigenvalue weighted by Gasteiger charge is 2.45. The Labute approximate surface area is 505 Å². The van der Waals surface area contributed by atoms with Gasteiger partial charge in [-0.1, -0.05) is 77.1 Å². The van der Waals surface area contributed by atoms with Crippen LogP contribution in [-0.2, 0) is 53.1 Å². The van der Waals surface area contributed by atoms with Gasteiger partial charge in [-0.2, -0.15) is 0 Å². The maximum Gasteiger partial charge on any atom is 0.410 e. The number of fused-ring (bicyclic) bond motifs is 1. The molecule has 21 nitrogen and oxygen atoms in total. The van der Waals surface area contributed by atoms with Gasteiger partial charge >= 0.3 is 12.1 Å². The third kappa shape index (κ3) is 15.8. The van der Waals surface area contributed by atoms with Crippen LogP contribution in [0.3, 0.4) is 0 Å². The number of primary amides is 1. The number of aromatic nitrogens is 3. The highest BCUT2D eigenvalue weighted by Crippen LogP contribution is 2.41. The van der Waals surface area contributed by atoms with E-state index in [4.69, 9.17) is 15.5 Å². The first-order valence-corrected chi connectivity index (χ1v) is 28.7. The molecular formula is C63H71F4N11O10. The zero-order chi connectivity index (χ0) is 63.7. The molecule has 2 aliphatic rings. The number of carbonyl (C=O) groups excluding carboxylic acids is 8. The maximum absolute atomic E-state index is 16.3. The molecule has 4 aromatic carbocycles. The largest absolute Gasteiger partial charge is 0.445 e. The van der Waals surface area contributed by atoms with Gasteiger partial charge < -0.3 is 56.2 Å². The van der Waals surface area contributed by atoms with E-state index >= 15 is 8.78 Å². The van der Waals surface area contributed by atoms with Crippen molar-refractivity contribution in [2.45, 2.75) is 110 Å². The highest BCUT2D eigenvalue weighted by atomic mass is 19.1. The number of halogens is 4. The van der Waals surface area contributed by atoms with Gasteiger partial charge in [0.15, 0.2) is 0 Å². The number of benzene rings is 4. The van der Waals surface area contributed by atoms with Gasteiger partial charge in [0.05, 0.1) is 18.3 Å². The Morgan fingerprint density at radius 2 is 1.56 bits per heavy atom. The molecule has 0 bridgehead atoms. The number of urea groups is 1. The molecule has 6 aromatic rings. The summed E-state index contributed by atoms with van der Waals surface area (Å²) < 4.78 is 67.8. The van der Waals surface area contributed by atoms with Crippen LogP contribution in [0.25, 0.3) is 22.2 Å². The predicted octanol–water partition coefficient (Wildman–Crippen LogP) is 6.95. The minimum absolute atomic E-state index is 0.0000406. The lowest BCUT2D eigenvalue weighted by atomic mass is 9.84. The number of likely N-dealkylation sites (tertiary alicyclic amines) is 1. The molecule has 0 spiro atoms. The van der Waals surface area contributed by atoms with Gasteiger partial charge in [0.25, 0.3) is 17.7 Å². The number of ether oxygens (including phenoxy) is 1. The van der Waals surface area contributed by atoms with Crippen molar-refractivity contribution in [3.63, 3.8) is 0 Å². The molecule has 4 heterocycles. The smallest absolute Gasteiger partial charge is 0.410 e. The number of nitrogens with two attached hydrogens (primary N) is 1. The fourth-order valence-electron chi connectivity index (χ4n) is 10.9. The van der Waals surface area contributed by atoms with Gasteiger partial charge in [-0.05, 0) is 96.3 Å². The molecule has 0 unspecified atom stereocenters. The van der Waals surface area contributed by atoms with Crippen molar-refractivity contribution >= 4 is 64.2 Å². The van der Waals surface area contributed by atoms with Crippen LogP contribution in [0, 0.1) is 34.7 Å². The molecule has 2 aromatic heterocycles. The Balaban J connectivity index is 0.922. The second kappa shape index (κ2) is 28.0. The quantitative estimate of drug-likeness (QED) is 0.0185. The molecule has 88 heavy (non-hydrogen) atoms. The molecule has 2 aliphatic heterocycles. The van der Waals surface area contributed by atoms with Crippen LogP contribution in [-0.4, -0.2) is 138 Å². The summed E-state index contributed by atoms with van der Waals surface area (Å²) in [6, 6.07) is 16.3. The first kappa shape index (κ1) is 64.6. The molecule has 0 aliphatic carbocycles. The van der Waals surface area contributed by atoms with Gasteiger partial charge in [0, 0.05) is 85.2 Å². The average Bonchev–Trinajstić information content (AvgIpc) is 1.86. The fourth-order valence-corrected chi connectivity index (χ4v) is 10.9. The van der Waals surface area contributed by atoms with E-state index in [1.165, 1.54) is 48.4 Å². The lowest BCUT2D eigenvalue weighted by Gasteiger charge is -2.41. The number of anilines is 1. The standard InChI is InChI=1S/C63H71F4N11O10/c1-35(2)54(74-58(83)51(78-52(80)22-23-53(78)81)26-39-28-70-48-14-8-7-13-44(39)48)59(84)73-49(15-10-24-69-61(68)86)57(82)71-43-19-16-37(17-20-43)34-88-62(87)76-30-40(47(67)32-76)31-77(60(85)36(3)79)55(63(4,5)6)56-72-50(45-27-42(65)18-21-46(45)66)33-75(56)29-38-11-9-12-41(64)25-38/h7-9,11-14,16-23,25,27-28,33,35-36,40,47,49,51,54-55,70,79H,10,15,24,26,29-32,34H2,1-6H3,(H,71,82)(H,73,84)(H,74,83)(H3,68,69,86)/t36-,40-,47-,49-,51-,54-,55-/m0/s1. The summed E-state index contributed by atoms with van der Waals surface area (Å²) in [4.78, 5) is 119. The van der Waals surface area contributed by atoms with Gasteiger partial charge in [-0.25, -0.2) is 32.1 Å². The van der Waals surface area contributed by atoms with Gasteiger partial charge in [-0.15, -0.1) is 0 Å². The Bertz CT molecular complexity index is 3580. The lowest BCUT2D eigenvalue weighted by molar-refractivity contribution is -0.146. The molecule has 0 saturated carbocycles. The van der Waals surface area contributed by atoms with E-state index in [0.29, 0.717) is 16.7 Å². The van der Waals surface area contributed by atoms with Crippen molar-refractivity contribution in [3.8, 4) is 11.3 Å². The second-order valence-electron chi connectivity index (χ2n) is 23.4. The van der Waals surface area contributed by atoms with E-state index in [1.54, 1.807) is 69.6 Å². The number of nitrogens with zero attached hydrogens (tertiary/aromatic N) is 5. The molecule has 466 valence electrons. The number of imide groups is 1. The summed E-state index contributed by atoms with van der Waals surface area (Å²) in [7, 11) is 0. The third-order valence-corrected chi connectivity index (χ3v) is 15.3. The maximum atomic E-state index is 16.3. The predicted molar refractivity (Wildman–Crippen MR) is 316 cm³/mol. The van der Waals surface area contributed by atoms with Crippen LogP contribution in [0.15, 0.2) is 116 Å². The van der Waals surface area contributed by atoms with Crippen LogP contribution in [0.1, 0.15) is 82.9 Å². The van der Waals surface area contributed by atoms with E-state index in [-0.39, 0.29) is 74.8 Å². The first-order valence-electron chi connectivity index (χ1n) is 28.7. The number of para-hydroxylation sites is 1. The van der Waals surface area contributed by atoms with Gasteiger partial charge in [-0.3, -0.25) is 33.7 Å². The zero-order valence-corrected chi connectivity index (χ0v) is 49.4. The molecule has 25 heteroatoms. The number of imidazole rings is 1. The summed E-state index contributed by atoms with van der Waals surface area (Å²) in [6.45, 7) is 8.70. The van der Waals surface area contributed by atoms with E-state index in [1.807, 2.05) is 18.2 Å². The second-order valence-corrected chi connectivity index (χ2v) is 23.4. The van der Waals surface area contributed by atoms with E-state index < -0.39 is 125 Å². The van der Waals surface area contributed by atoms with Crippen LogP contribution >= 0.6 is 0 Å². The molecule has 1 saturated heterocycles. The number of aliphatic hydroxyl groups excluding tert-OH is 1. The fraction of sp³-hybridized carbons (Fsp3) is 0.381. The number of nitrogens with one attached hydrogen (secondary N) is 5. The van der Waals surface area contributed by atoms with Crippen LogP contribution < -0.4 is 27.0 Å². The Morgan fingerprint density at radius 1 is 0.852 bits per heavy atom. The summed E-state index contributed by atoms with van der Waals surface area (Å²) in [5.41, 5.74) is 6.75. The minimum Gasteiger partial charge on any atom is -0.445 e. The number of aliphatic hydroxyl groups is 1. The van der Waals surface area contributed by atoms with Gasteiger partial charge in [0.2, 0.25) is 17.7 Å². The molecular weight excluding hydrogens is 1150 g/mol. The summed E-state index contributed by atoms with van der Waals surface area (Å²) >= 11 is 0. The van der Waals surface area contributed by atoms with Gasteiger partial charge in [0.1, 0.15) is 60.3 Å². The molecule has 8 rings (SSSR count). The summed E-state index contributed by atoms with van der Waals surface area (Å²) in [5.74, 6) is -7.91. The van der Waals surface area contributed by atoms with Crippen LogP contribution in [0.2, 0.25) is 0 Å². The van der Waals surface area contributed by atoms with Crippen LogP contribution in [0.4, 0.5) is 32.8 Å². The number of hydrogen-bond acceptors (Lipinski definition) is 11. The average molecular weight is 1220 g/mol. The molecule has 0 radical (unpaired) electrons. The number of hydrogen-bond donors (Lipinski definition) is 7. The highest BCUT2D eigenvalue weighted by molar-refractivity contribution is 6.15. The third-order valence-electron chi connectivity index (χ3n) is 15.3. The first-order chi connectivity index (χ1) is 41.8. The van der Waals surface area contributed by atoms with Crippen molar-refractivity contribution in [3.05, 3.63) is 156 Å². The zero-order valence-electron chi connectivity index (χ0n) is 49.4. The lowest BCUT2D eigenvalue weighted by Crippen LogP contribution is -2.59. The van der Waals surface area contributed by atoms with E-state index in [2.05, 4.69) is 26.3 Å².